The van der Waals surface area contributed by atoms with E-state index in [-0.39, 0.29) is 30.9 Å². The first kappa shape index (κ1) is 23.0. The normalized spacial score (nSPS) is 31.3. The van der Waals surface area contributed by atoms with E-state index in [4.69, 9.17) is 4.74 Å². The molecule has 0 saturated carbocycles. The largest absolute Gasteiger partial charge is 0.373 e. The van der Waals surface area contributed by atoms with Crippen molar-refractivity contribution in [3.63, 3.8) is 0 Å². The molecule has 0 aromatic heterocycles. The molecule has 5 nitrogen and oxygen atoms in total. The molecule has 7 heteroatoms. The molecule has 3 saturated heterocycles. The maximum absolute atomic E-state index is 12.4. The first-order valence-corrected chi connectivity index (χ1v) is 9.52. The van der Waals surface area contributed by atoms with Gasteiger partial charge >= 0.3 is 0 Å². The van der Waals surface area contributed by atoms with E-state index >= 15 is 0 Å². The maximum Gasteiger partial charge on any atom is 0.239 e. The number of piperidine rings is 1. The Hall–Kier alpha value is -0.0700. The second-order valence-corrected chi connectivity index (χ2v) is 7.72. The molecule has 0 spiro atoms. The van der Waals surface area contributed by atoms with Crippen LogP contribution in [0.25, 0.3) is 0 Å². The number of likely N-dealkylation sites (tertiary alicyclic amines) is 1. The van der Waals surface area contributed by atoms with Crippen LogP contribution < -0.4 is 5.32 Å². The van der Waals surface area contributed by atoms with Crippen molar-refractivity contribution in [1.82, 2.24) is 15.1 Å². The smallest absolute Gasteiger partial charge is 0.239 e. The number of carbonyl (C=O) groups is 1. The molecule has 3 rings (SSSR count). The molecule has 148 valence electrons. The van der Waals surface area contributed by atoms with Crippen LogP contribution in [0.2, 0.25) is 0 Å². The van der Waals surface area contributed by atoms with Gasteiger partial charge in [-0.2, -0.15) is 0 Å². The predicted molar refractivity (Wildman–Crippen MR) is 106 cm³/mol. The molecule has 3 heterocycles. The molecule has 1 amide bonds. The van der Waals surface area contributed by atoms with Gasteiger partial charge in [0, 0.05) is 26.2 Å². The summed E-state index contributed by atoms with van der Waals surface area (Å²) in [7, 11) is 0. The van der Waals surface area contributed by atoms with Gasteiger partial charge in [-0.3, -0.25) is 9.69 Å². The van der Waals surface area contributed by atoms with Gasteiger partial charge < -0.3 is 15.0 Å². The third-order valence-electron chi connectivity index (χ3n) is 5.63. The zero-order valence-electron chi connectivity index (χ0n) is 15.6. The summed E-state index contributed by atoms with van der Waals surface area (Å²) in [5.41, 5.74) is 0. The quantitative estimate of drug-likeness (QED) is 0.792. The lowest BCUT2D eigenvalue weighted by Crippen LogP contribution is -2.48. The van der Waals surface area contributed by atoms with Gasteiger partial charge in [0.1, 0.15) is 0 Å². The highest BCUT2D eigenvalue weighted by molar-refractivity contribution is 5.85. The van der Waals surface area contributed by atoms with Crippen LogP contribution in [0.5, 0.6) is 0 Å². The van der Waals surface area contributed by atoms with E-state index < -0.39 is 0 Å². The molecule has 0 aromatic rings. The summed E-state index contributed by atoms with van der Waals surface area (Å²) in [6, 6.07) is 0.0999. The molecule has 0 aliphatic carbocycles. The van der Waals surface area contributed by atoms with Gasteiger partial charge in [0.2, 0.25) is 5.91 Å². The summed E-state index contributed by atoms with van der Waals surface area (Å²) in [6.45, 7) is 10.6. The first-order valence-electron chi connectivity index (χ1n) is 9.52. The highest BCUT2D eigenvalue weighted by Gasteiger charge is 2.30. The first-order chi connectivity index (χ1) is 11.1. The number of hydrogen-bond donors (Lipinski definition) is 1. The van der Waals surface area contributed by atoms with Crippen molar-refractivity contribution in [3.8, 4) is 0 Å². The average molecular weight is 396 g/mol. The Balaban J connectivity index is 0.00000156. The van der Waals surface area contributed by atoms with Gasteiger partial charge in [-0.1, -0.05) is 0 Å². The number of ether oxygens (including phenoxy) is 1. The van der Waals surface area contributed by atoms with Crippen LogP contribution >= 0.6 is 24.8 Å². The van der Waals surface area contributed by atoms with Gasteiger partial charge in [0.15, 0.2) is 0 Å². The second kappa shape index (κ2) is 10.9. The summed E-state index contributed by atoms with van der Waals surface area (Å²) in [4.78, 5) is 17.1. The monoisotopic (exact) mass is 395 g/mol. The minimum atomic E-state index is 0. The van der Waals surface area contributed by atoms with Gasteiger partial charge in [0.05, 0.1) is 18.2 Å². The van der Waals surface area contributed by atoms with Crippen molar-refractivity contribution in [2.24, 2.45) is 5.92 Å². The topological polar surface area (TPSA) is 44.8 Å². The molecule has 3 aliphatic heterocycles. The van der Waals surface area contributed by atoms with Crippen LogP contribution in [-0.2, 0) is 9.53 Å². The number of rotatable bonds is 4. The van der Waals surface area contributed by atoms with Gasteiger partial charge in [-0.25, -0.2) is 0 Å². The van der Waals surface area contributed by atoms with Crippen LogP contribution in [0.4, 0.5) is 0 Å². The molecule has 0 radical (unpaired) electrons. The van der Waals surface area contributed by atoms with Crippen molar-refractivity contribution < 1.29 is 9.53 Å². The molecular weight excluding hydrogens is 361 g/mol. The third kappa shape index (κ3) is 6.55. The Kier molecular flexibility index (Phi) is 10.0. The standard InChI is InChI=1S/C18H33N3O2.2ClH/c1-14-12-20(13-15(2)23-14)9-5-16-6-10-21(11-7-16)18(22)17-4-3-8-19-17;;/h14-17,19H,3-13H2,1-2H3;2*1H. The fraction of sp³-hybridized carbons (Fsp3) is 0.944. The maximum atomic E-state index is 12.4. The summed E-state index contributed by atoms with van der Waals surface area (Å²) in [6.07, 6.45) is 6.50. The number of hydrogen-bond acceptors (Lipinski definition) is 4. The Bertz CT molecular complexity index is 390. The molecular formula is C18H35Cl2N3O2. The van der Waals surface area contributed by atoms with Crippen LogP contribution in [0.3, 0.4) is 0 Å². The zero-order chi connectivity index (χ0) is 16.2. The molecule has 3 fully saturated rings. The lowest BCUT2D eigenvalue weighted by molar-refractivity contribution is -0.134. The van der Waals surface area contributed by atoms with Crippen LogP contribution in [0.15, 0.2) is 0 Å². The summed E-state index contributed by atoms with van der Waals surface area (Å²) >= 11 is 0. The molecule has 1 N–H and O–H groups in total. The number of nitrogens with zero attached hydrogens (tertiary/aromatic N) is 2. The number of nitrogens with one attached hydrogen (secondary N) is 1. The summed E-state index contributed by atoms with van der Waals surface area (Å²) < 4.78 is 5.81. The Morgan fingerprint density at radius 1 is 1.08 bits per heavy atom. The molecule has 3 atom stereocenters. The fourth-order valence-electron chi connectivity index (χ4n) is 4.39. The molecule has 3 unspecified atom stereocenters. The van der Waals surface area contributed by atoms with E-state index in [9.17, 15) is 4.79 Å². The summed E-state index contributed by atoms with van der Waals surface area (Å²) in [5.74, 6) is 1.13. The third-order valence-corrected chi connectivity index (χ3v) is 5.63. The van der Waals surface area contributed by atoms with E-state index in [0.29, 0.717) is 18.1 Å². The van der Waals surface area contributed by atoms with E-state index in [1.807, 2.05) is 0 Å². The number of halogens is 2. The zero-order valence-corrected chi connectivity index (χ0v) is 17.2. The average Bonchev–Trinajstić information content (AvgIpc) is 3.06. The summed E-state index contributed by atoms with van der Waals surface area (Å²) in [5, 5.41) is 3.33. The van der Waals surface area contributed by atoms with Gasteiger partial charge in [0.25, 0.3) is 0 Å². The number of morpholine rings is 1. The lowest BCUT2D eigenvalue weighted by atomic mass is 9.92. The molecule has 0 bridgehead atoms. The van der Waals surface area contributed by atoms with Crippen LogP contribution in [-0.4, -0.2) is 73.2 Å². The predicted octanol–water partition coefficient (Wildman–Crippen LogP) is 2.32. The SMILES string of the molecule is CC1CN(CCC2CCN(C(=O)C3CCCN3)CC2)CC(C)O1.Cl.Cl. The van der Waals surface area contributed by atoms with Crippen molar-refractivity contribution in [3.05, 3.63) is 0 Å². The van der Waals surface area contributed by atoms with Crippen molar-refractivity contribution >= 4 is 30.7 Å². The van der Waals surface area contributed by atoms with Crippen LogP contribution in [0.1, 0.15) is 46.0 Å². The number of amides is 1. The highest BCUT2D eigenvalue weighted by Crippen LogP contribution is 2.23. The Morgan fingerprint density at radius 3 is 2.28 bits per heavy atom. The Morgan fingerprint density at radius 2 is 1.72 bits per heavy atom. The van der Waals surface area contributed by atoms with Crippen molar-refractivity contribution in [2.45, 2.75) is 64.2 Å². The fourth-order valence-corrected chi connectivity index (χ4v) is 4.39. The molecule has 0 aromatic carbocycles. The molecule has 3 aliphatic rings. The Labute approximate surface area is 165 Å². The minimum absolute atomic E-state index is 0. The lowest BCUT2D eigenvalue weighted by Gasteiger charge is -2.37. The van der Waals surface area contributed by atoms with Gasteiger partial charge in [-0.15, -0.1) is 24.8 Å². The van der Waals surface area contributed by atoms with Crippen molar-refractivity contribution in [2.75, 3.05) is 39.3 Å². The van der Waals surface area contributed by atoms with Crippen molar-refractivity contribution in [1.29, 1.82) is 0 Å². The van der Waals surface area contributed by atoms with E-state index in [2.05, 4.69) is 29.0 Å². The number of carbonyl (C=O) groups excluding carboxylic acids is 1. The van der Waals surface area contributed by atoms with E-state index in [1.165, 1.54) is 25.8 Å². The van der Waals surface area contributed by atoms with Crippen LogP contribution in [0, 0.1) is 5.92 Å². The highest BCUT2D eigenvalue weighted by atomic mass is 35.5. The second-order valence-electron chi connectivity index (χ2n) is 7.72. The van der Waals surface area contributed by atoms with Gasteiger partial charge in [-0.05, 0) is 65.0 Å². The van der Waals surface area contributed by atoms with E-state index in [0.717, 1.165) is 51.5 Å². The molecule has 25 heavy (non-hydrogen) atoms. The minimum Gasteiger partial charge on any atom is -0.373 e. The van der Waals surface area contributed by atoms with E-state index in [1.54, 1.807) is 0 Å².